The number of hydrogen-bond donors (Lipinski definition) is 2. The summed E-state index contributed by atoms with van der Waals surface area (Å²) in [6.07, 6.45) is 4.86. The number of amides is 1. The molecule has 0 bridgehead atoms. The fourth-order valence-corrected chi connectivity index (χ4v) is 3.85. The molecule has 1 aliphatic carbocycles. The van der Waals surface area contributed by atoms with Gasteiger partial charge in [-0.05, 0) is 43.0 Å². The number of anilines is 1. The number of rotatable bonds is 5. The molecule has 0 spiro atoms. The maximum absolute atomic E-state index is 12.8. The second-order valence-corrected chi connectivity index (χ2v) is 7.43. The highest BCUT2D eigenvalue weighted by atomic mass is 16.5. The average Bonchev–Trinajstić information content (AvgIpc) is 3.11. The van der Waals surface area contributed by atoms with Crippen LogP contribution in [0.2, 0.25) is 0 Å². The van der Waals surface area contributed by atoms with Crippen LogP contribution in [0.4, 0.5) is 5.69 Å². The van der Waals surface area contributed by atoms with E-state index in [1.165, 1.54) is 0 Å². The Morgan fingerprint density at radius 1 is 1.26 bits per heavy atom. The summed E-state index contributed by atoms with van der Waals surface area (Å²) in [5.41, 5.74) is 2.73. The maximum atomic E-state index is 12.8. The minimum Gasteiger partial charge on any atom is -0.393 e. The van der Waals surface area contributed by atoms with E-state index < -0.39 is 0 Å². The van der Waals surface area contributed by atoms with Gasteiger partial charge in [0.25, 0.3) is 5.91 Å². The van der Waals surface area contributed by atoms with Crippen molar-refractivity contribution in [3.63, 3.8) is 0 Å². The van der Waals surface area contributed by atoms with E-state index in [0.29, 0.717) is 18.4 Å². The van der Waals surface area contributed by atoms with Crippen LogP contribution in [0.5, 0.6) is 0 Å². The SMILES string of the molecule is Cn1cc(C(NC(=O)c2ccc(N3CCOCC3)cc2)C2CC(O)C2)cn1. The van der Waals surface area contributed by atoms with E-state index in [1.807, 2.05) is 37.5 Å². The Labute approximate surface area is 158 Å². The monoisotopic (exact) mass is 370 g/mol. The van der Waals surface area contributed by atoms with Gasteiger partial charge in [0.05, 0.1) is 31.6 Å². The molecule has 1 aromatic heterocycles. The second-order valence-electron chi connectivity index (χ2n) is 7.43. The molecule has 1 unspecified atom stereocenters. The van der Waals surface area contributed by atoms with E-state index in [-0.39, 0.29) is 24.0 Å². The van der Waals surface area contributed by atoms with Crippen LogP contribution in [-0.4, -0.2) is 53.2 Å². The number of aliphatic hydroxyl groups excluding tert-OH is 1. The Balaban J connectivity index is 1.45. The molecule has 2 N–H and O–H groups in total. The average molecular weight is 370 g/mol. The Bertz CT molecular complexity index is 777. The van der Waals surface area contributed by atoms with Crippen LogP contribution in [0.3, 0.4) is 0 Å². The Hall–Kier alpha value is -2.38. The van der Waals surface area contributed by atoms with E-state index in [4.69, 9.17) is 4.74 Å². The zero-order chi connectivity index (χ0) is 18.8. The number of nitrogens with one attached hydrogen (secondary N) is 1. The highest BCUT2D eigenvalue weighted by molar-refractivity contribution is 5.94. The molecule has 1 aromatic carbocycles. The molecule has 7 heteroatoms. The number of carbonyl (C=O) groups is 1. The molecule has 2 heterocycles. The number of aromatic nitrogens is 2. The quantitative estimate of drug-likeness (QED) is 0.834. The summed E-state index contributed by atoms with van der Waals surface area (Å²) in [5.74, 6) is 0.138. The molecule has 1 saturated carbocycles. The van der Waals surface area contributed by atoms with Gasteiger partial charge >= 0.3 is 0 Å². The number of aryl methyl sites for hydroxylation is 1. The standard InChI is InChI=1S/C20H26N4O3/c1-23-13-16(12-21-23)19(15-10-18(25)11-15)22-20(26)14-2-4-17(5-3-14)24-6-8-27-9-7-24/h2-5,12-13,15,18-19,25H,6-11H2,1H3,(H,22,26). The number of hydrogen-bond acceptors (Lipinski definition) is 5. The zero-order valence-electron chi connectivity index (χ0n) is 15.5. The molecule has 2 aromatic rings. The van der Waals surface area contributed by atoms with Gasteiger partial charge in [-0.1, -0.05) is 0 Å². The van der Waals surface area contributed by atoms with Gasteiger partial charge in [-0.25, -0.2) is 0 Å². The van der Waals surface area contributed by atoms with Crippen molar-refractivity contribution >= 4 is 11.6 Å². The van der Waals surface area contributed by atoms with E-state index >= 15 is 0 Å². The Morgan fingerprint density at radius 3 is 2.56 bits per heavy atom. The summed E-state index contributed by atoms with van der Waals surface area (Å²) in [4.78, 5) is 15.1. The fraction of sp³-hybridized carbons (Fsp3) is 0.500. The summed E-state index contributed by atoms with van der Waals surface area (Å²) in [6, 6.07) is 7.60. The molecule has 4 rings (SSSR count). The van der Waals surface area contributed by atoms with Crippen LogP contribution in [0.1, 0.15) is 34.8 Å². The number of ether oxygens (including phenoxy) is 1. The van der Waals surface area contributed by atoms with Crippen LogP contribution in [0.15, 0.2) is 36.7 Å². The van der Waals surface area contributed by atoms with E-state index in [1.54, 1.807) is 10.9 Å². The molecule has 0 radical (unpaired) electrons. The molecule has 144 valence electrons. The minimum atomic E-state index is -0.265. The first kappa shape index (κ1) is 18.0. The zero-order valence-corrected chi connectivity index (χ0v) is 15.5. The number of aliphatic hydroxyl groups is 1. The van der Waals surface area contributed by atoms with Gasteiger partial charge in [0.15, 0.2) is 0 Å². The van der Waals surface area contributed by atoms with Crippen molar-refractivity contribution < 1.29 is 14.6 Å². The highest BCUT2D eigenvalue weighted by Gasteiger charge is 2.36. The Kier molecular flexibility index (Phi) is 5.13. The van der Waals surface area contributed by atoms with E-state index in [0.717, 1.165) is 37.6 Å². The molecule has 1 amide bonds. The van der Waals surface area contributed by atoms with Gasteiger partial charge in [0.2, 0.25) is 0 Å². The Morgan fingerprint density at radius 2 is 1.96 bits per heavy atom. The first-order valence-corrected chi connectivity index (χ1v) is 9.50. The molecule has 1 saturated heterocycles. The third-order valence-corrected chi connectivity index (χ3v) is 5.50. The van der Waals surface area contributed by atoms with E-state index in [9.17, 15) is 9.90 Å². The smallest absolute Gasteiger partial charge is 0.251 e. The summed E-state index contributed by atoms with van der Waals surface area (Å²) in [7, 11) is 1.86. The second kappa shape index (κ2) is 7.70. The lowest BCUT2D eigenvalue weighted by Gasteiger charge is -2.37. The molecule has 2 fully saturated rings. The molecular weight excluding hydrogens is 344 g/mol. The van der Waals surface area contributed by atoms with Crippen molar-refractivity contribution in [3.8, 4) is 0 Å². The van der Waals surface area contributed by atoms with Gasteiger partial charge < -0.3 is 20.1 Å². The van der Waals surface area contributed by atoms with Crippen molar-refractivity contribution in [2.24, 2.45) is 13.0 Å². The summed E-state index contributed by atoms with van der Waals surface area (Å²) in [5, 5.41) is 17.1. The van der Waals surface area contributed by atoms with Gasteiger partial charge in [0.1, 0.15) is 0 Å². The fourth-order valence-electron chi connectivity index (χ4n) is 3.85. The molecule has 1 atom stereocenters. The largest absolute Gasteiger partial charge is 0.393 e. The first-order chi connectivity index (χ1) is 13.1. The third kappa shape index (κ3) is 3.99. The van der Waals surface area contributed by atoms with Crippen LogP contribution >= 0.6 is 0 Å². The van der Waals surface area contributed by atoms with Crippen molar-refractivity contribution in [2.45, 2.75) is 25.0 Å². The highest BCUT2D eigenvalue weighted by Crippen LogP contribution is 2.38. The van der Waals surface area contributed by atoms with Gasteiger partial charge in [-0.15, -0.1) is 0 Å². The van der Waals surface area contributed by atoms with Crippen LogP contribution in [0, 0.1) is 5.92 Å². The van der Waals surface area contributed by atoms with Crippen LogP contribution < -0.4 is 10.2 Å². The number of morpholine rings is 1. The summed E-state index contributed by atoms with van der Waals surface area (Å²) < 4.78 is 7.12. The lowest BCUT2D eigenvalue weighted by atomic mass is 9.75. The van der Waals surface area contributed by atoms with E-state index in [2.05, 4.69) is 15.3 Å². The molecular formula is C20H26N4O3. The van der Waals surface area contributed by atoms with Crippen molar-refractivity contribution in [1.29, 1.82) is 0 Å². The predicted octanol–water partition coefficient (Wildman–Crippen LogP) is 1.50. The normalized spacial score (nSPS) is 23.6. The van der Waals surface area contributed by atoms with Crippen molar-refractivity contribution in [2.75, 3.05) is 31.2 Å². The first-order valence-electron chi connectivity index (χ1n) is 9.50. The van der Waals surface area contributed by atoms with Gasteiger partial charge in [0, 0.05) is 43.1 Å². The lowest BCUT2D eigenvalue weighted by molar-refractivity contribution is 0.0235. The summed E-state index contributed by atoms with van der Waals surface area (Å²) >= 11 is 0. The van der Waals surface area contributed by atoms with Crippen LogP contribution in [0.25, 0.3) is 0 Å². The van der Waals surface area contributed by atoms with Gasteiger partial charge in [-0.2, -0.15) is 5.10 Å². The molecule has 1 aliphatic heterocycles. The number of carbonyl (C=O) groups excluding carboxylic acids is 1. The molecule has 2 aliphatic rings. The predicted molar refractivity (Wildman–Crippen MR) is 102 cm³/mol. The van der Waals surface area contributed by atoms with Crippen molar-refractivity contribution in [3.05, 3.63) is 47.8 Å². The lowest BCUT2D eigenvalue weighted by Crippen LogP contribution is -2.41. The number of benzene rings is 1. The van der Waals surface area contributed by atoms with Crippen LogP contribution in [-0.2, 0) is 11.8 Å². The summed E-state index contributed by atoms with van der Waals surface area (Å²) in [6.45, 7) is 3.22. The number of nitrogens with zero attached hydrogens (tertiary/aromatic N) is 3. The third-order valence-electron chi connectivity index (χ3n) is 5.50. The maximum Gasteiger partial charge on any atom is 0.251 e. The topological polar surface area (TPSA) is 79.6 Å². The molecule has 27 heavy (non-hydrogen) atoms. The van der Waals surface area contributed by atoms with Gasteiger partial charge in [-0.3, -0.25) is 9.48 Å². The molecule has 7 nitrogen and oxygen atoms in total. The minimum absolute atomic E-state index is 0.0984. The van der Waals surface area contributed by atoms with Crippen molar-refractivity contribution in [1.82, 2.24) is 15.1 Å².